The molecule has 0 spiro atoms. The minimum Gasteiger partial charge on any atom is -0.301 e. The Balaban J connectivity index is 1.81. The zero-order chi connectivity index (χ0) is 12.1. The molecule has 0 aromatic heterocycles. The number of hydrogen-bond donors (Lipinski definition) is 0. The maximum absolute atomic E-state index is 4.21. The van der Waals surface area contributed by atoms with E-state index in [0.29, 0.717) is 0 Å². The molecule has 0 aromatic rings. The van der Waals surface area contributed by atoms with Crippen molar-refractivity contribution in [3.8, 4) is 0 Å². The smallest absolute Gasteiger partial charge is 0.0273 e. The quantitative estimate of drug-likeness (QED) is 0.698. The third kappa shape index (κ3) is 3.52. The third-order valence-corrected chi connectivity index (χ3v) is 4.42. The number of rotatable bonds is 3. The maximum Gasteiger partial charge on any atom is 0.0273 e. The lowest BCUT2D eigenvalue weighted by atomic mass is 9.85. The van der Waals surface area contributed by atoms with Gasteiger partial charge in [0.2, 0.25) is 0 Å². The molecule has 0 radical (unpaired) electrons. The highest BCUT2D eigenvalue weighted by atomic mass is 15.3. The van der Waals surface area contributed by atoms with Gasteiger partial charge in [0, 0.05) is 45.5 Å². The summed E-state index contributed by atoms with van der Waals surface area (Å²) >= 11 is 0. The topological polar surface area (TPSA) is 18.8 Å². The van der Waals surface area contributed by atoms with Gasteiger partial charge >= 0.3 is 0 Å². The van der Waals surface area contributed by atoms with Gasteiger partial charge in [0.05, 0.1) is 0 Å². The first kappa shape index (κ1) is 13.0. The fourth-order valence-corrected chi connectivity index (χ4v) is 3.32. The first-order valence-corrected chi connectivity index (χ1v) is 7.22. The molecule has 3 heteroatoms. The normalized spacial score (nSPS) is 33.3. The molecule has 1 saturated heterocycles. The predicted molar refractivity (Wildman–Crippen MR) is 73.8 cm³/mol. The minimum atomic E-state index is 0.739. The summed E-state index contributed by atoms with van der Waals surface area (Å²) in [7, 11) is 1.91. The molecule has 1 aliphatic carbocycles. The lowest BCUT2D eigenvalue weighted by molar-refractivity contribution is 0.0766. The maximum atomic E-state index is 4.21. The van der Waals surface area contributed by atoms with E-state index >= 15 is 0 Å². The van der Waals surface area contributed by atoms with Crippen molar-refractivity contribution in [2.75, 3.05) is 39.8 Å². The number of aliphatic imine (C=N–C) groups is 1. The number of nitrogens with zero attached hydrogens (tertiary/aromatic N) is 3. The summed E-state index contributed by atoms with van der Waals surface area (Å²) in [6.45, 7) is 8.55. The van der Waals surface area contributed by atoms with Crippen LogP contribution < -0.4 is 0 Å². The monoisotopic (exact) mass is 237 g/mol. The lowest BCUT2D eigenvalue weighted by Crippen LogP contribution is -2.51. The van der Waals surface area contributed by atoms with Crippen molar-refractivity contribution in [3.05, 3.63) is 0 Å². The number of piperazine rings is 1. The Bertz CT molecular complexity index is 244. The van der Waals surface area contributed by atoms with Gasteiger partial charge in [-0.1, -0.05) is 13.3 Å². The average Bonchev–Trinajstić information content (AvgIpc) is 2.40. The van der Waals surface area contributed by atoms with Gasteiger partial charge in [-0.25, -0.2) is 0 Å². The molecule has 0 aromatic carbocycles. The number of hydrogen-bond acceptors (Lipinski definition) is 3. The summed E-state index contributed by atoms with van der Waals surface area (Å²) in [4.78, 5) is 9.50. The Kier molecular flexibility index (Phi) is 4.99. The van der Waals surface area contributed by atoms with E-state index in [0.717, 1.165) is 12.0 Å². The van der Waals surface area contributed by atoms with Crippen molar-refractivity contribution < 1.29 is 0 Å². The van der Waals surface area contributed by atoms with Gasteiger partial charge in [0.15, 0.2) is 0 Å². The molecule has 2 rings (SSSR count). The molecule has 0 bridgehead atoms. The van der Waals surface area contributed by atoms with Crippen LogP contribution in [0.2, 0.25) is 0 Å². The van der Waals surface area contributed by atoms with Crippen LogP contribution in [0.15, 0.2) is 4.99 Å². The fourth-order valence-electron chi connectivity index (χ4n) is 3.32. The Labute approximate surface area is 106 Å². The van der Waals surface area contributed by atoms with Crippen LogP contribution in [0, 0.1) is 5.92 Å². The van der Waals surface area contributed by atoms with Gasteiger partial charge in [-0.2, -0.15) is 0 Å². The third-order valence-electron chi connectivity index (χ3n) is 4.42. The molecule has 2 atom stereocenters. The molecule has 0 N–H and O–H groups in total. The van der Waals surface area contributed by atoms with Gasteiger partial charge in [0.25, 0.3) is 0 Å². The van der Waals surface area contributed by atoms with Crippen molar-refractivity contribution in [2.45, 2.75) is 38.6 Å². The highest BCUT2D eigenvalue weighted by Gasteiger charge is 2.27. The molecule has 2 fully saturated rings. The van der Waals surface area contributed by atoms with Gasteiger partial charge in [0.1, 0.15) is 0 Å². The molecular weight excluding hydrogens is 210 g/mol. The molecule has 2 aliphatic rings. The van der Waals surface area contributed by atoms with Crippen LogP contribution in [0.25, 0.3) is 0 Å². The zero-order valence-electron chi connectivity index (χ0n) is 11.4. The first-order valence-electron chi connectivity index (χ1n) is 7.22. The van der Waals surface area contributed by atoms with Crippen LogP contribution >= 0.6 is 0 Å². The Morgan fingerprint density at radius 3 is 2.59 bits per heavy atom. The van der Waals surface area contributed by atoms with Crippen LogP contribution in [0.3, 0.4) is 0 Å². The summed E-state index contributed by atoms with van der Waals surface area (Å²) in [6.07, 6.45) is 7.65. The summed E-state index contributed by atoms with van der Waals surface area (Å²) in [5.74, 6) is 0.739. The van der Waals surface area contributed by atoms with E-state index in [-0.39, 0.29) is 0 Å². The SMILES string of the molecule is CCN1CCN([C@@H]2CCCC(C=NC)C2)CC1. The molecule has 1 unspecified atom stereocenters. The van der Waals surface area contributed by atoms with Crippen molar-refractivity contribution in [2.24, 2.45) is 10.9 Å². The number of likely N-dealkylation sites (N-methyl/N-ethyl adjacent to an activating group) is 1. The second-order valence-corrected chi connectivity index (χ2v) is 5.46. The summed E-state index contributed by atoms with van der Waals surface area (Å²) in [5, 5.41) is 0. The van der Waals surface area contributed by atoms with E-state index in [1.54, 1.807) is 0 Å². The molecule has 3 nitrogen and oxygen atoms in total. The van der Waals surface area contributed by atoms with Crippen LogP contribution in [0.4, 0.5) is 0 Å². The van der Waals surface area contributed by atoms with E-state index in [2.05, 4.69) is 27.9 Å². The highest BCUT2D eigenvalue weighted by molar-refractivity contribution is 5.60. The molecule has 17 heavy (non-hydrogen) atoms. The van der Waals surface area contributed by atoms with Gasteiger partial charge in [-0.15, -0.1) is 0 Å². The van der Waals surface area contributed by atoms with Crippen molar-refractivity contribution in [1.82, 2.24) is 9.80 Å². The van der Waals surface area contributed by atoms with Crippen molar-refractivity contribution in [3.63, 3.8) is 0 Å². The molecular formula is C14H27N3. The predicted octanol–water partition coefficient (Wildman–Crippen LogP) is 1.88. The summed E-state index contributed by atoms with van der Waals surface area (Å²) < 4.78 is 0. The van der Waals surface area contributed by atoms with Crippen LogP contribution in [-0.4, -0.2) is 61.8 Å². The average molecular weight is 237 g/mol. The zero-order valence-corrected chi connectivity index (χ0v) is 11.4. The Hall–Kier alpha value is -0.410. The van der Waals surface area contributed by atoms with E-state index in [1.165, 1.54) is 58.4 Å². The lowest BCUT2D eigenvalue weighted by Gasteiger charge is -2.41. The van der Waals surface area contributed by atoms with E-state index < -0.39 is 0 Å². The fraction of sp³-hybridized carbons (Fsp3) is 0.929. The standard InChI is InChI=1S/C14H27N3/c1-3-16-7-9-17(10-8-16)14-6-4-5-13(11-14)12-15-2/h12-14H,3-11H2,1-2H3/t13?,14-/m1/s1. The minimum absolute atomic E-state index is 0.739. The Morgan fingerprint density at radius 2 is 1.94 bits per heavy atom. The summed E-state index contributed by atoms with van der Waals surface area (Å²) in [6, 6.07) is 0.825. The highest BCUT2D eigenvalue weighted by Crippen LogP contribution is 2.27. The summed E-state index contributed by atoms with van der Waals surface area (Å²) in [5.41, 5.74) is 0. The van der Waals surface area contributed by atoms with Crippen LogP contribution in [-0.2, 0) is 0 Å². The van der Waals surface area contributed by atoms with Crippen LogP contribution in [0.5, 0.6) is 0 Å². The Morgan fingerprint density at radius 1 is 1.18 bits per heavy atom. The van der Waals surface area contributed by atoms with Crippen LogP contribution in [0.1, 0.15) is 32.6 Å². The second-order valence-electron chi connectivity index (χ2n) is 5.46. The molecule has 1 aliphatic heterocycles. The molecule has 1 heterocycles. The van der Waals surface area contributed by atoms with Gasteiger partial charge < -0.3 is 9.89 Å². The van der Waals surface area contributed by atoms with Crippen molar-refractivity contribution in [1.29, 1.82) is 0 Å². The van der Waals surface area contributed by atoms with E-state index in [9.17, 15) is 0 Å². The van der Waals surface area contributed by atoms with Crippen molar-refractivity contribution >= 4 is 6.21 Å². The van der Waals surface area contributed by atoms with Gasteiger partial charge in [-0.3, -0.25) is 4.90 Å². The molecule has 1 saturated carbocycles. The van der Waals surface area contributed by atoms with E-state index in [1.807, 2.05) is 7.05 Å². The second kappa shape index (κ2) is 6.50. The van der Waals surface area contributed by atoms with Gasteiger partial charge in [-0.05, 0) is 31.7 Å². The first-order chi connectivity index (χ1) is 8.33. The van der Waals surface area contributed by atoms with E-state index in [4.69, 9.17) is 0 Å². The molecule has 0 amide bonds. The molecule has 98 valence electrons. The largest absolute Gasteiger partial charge is 0.301 e.